The fraction of sp³-hybridized carbons (Fsp3) is 0.529. The summed E-state index contributed by atoms with van der Waals surface area (Å²) in [6, 6.07) is 6.98. The van der Waals surface area contributed by atoms with Crippen molar-refractivity contribution in [2.75, 3.05) is 0 Å². The van der Waals surface area contributed by atoms with Crippen LogP contribution in [0.3, 0.4) is 0 Å². The Labute approximate surface area is 115 Å². The molecule has 2 atom stereocenters. The SMILES string of the molecule is CC/C=C(/O)CC1CCCC(c2cccc(F)c2)C1. The summed E-state index contributed by atoms with van der Waals surface area (Å²) in [5.74, 6) is 1.36. The molecule has 1 aliphatic rings. The molecule has 2 unspecified atom stereocenters. The number of allylic oxidation sites excluding steroid dienone is 2. The van der Waals surface area contributed by atoms with Crippen LogP contribution in [-0.2, 0) is 0 Å². The van der Waals surface area contributed by atoms with Gasteiger partial charge in [-0.05, 0) is 61.3 Å². The summed E-state index contributed by atoms with van der Waals surface area (Å²) in [5, 5.41) is 9.80. The van der Waals surface area contributed by atoms with Crippen LogP contribution in [0.4, 0.5) is 4.39 Å². The first kappa shape index (κ1) is 14.1. The summed E-state index contributed by atoms with van der Waals surface area (Å²) in [6.07, 6.45) is 8.10. The minimum atomic E-state index is -0.145. The van der Waals surface area contributed by atoms with Crippen LogP contribution in [0.1, 0.15) is 56.9 Å². The van der Waals surface area contributed by atoms with E-state index in [4.69, 9.17) is 0 Å². The smallest absolute Gasteiger partial charge is 0.123 e. The quantitative estimate of drug-likeness (QED) is 0.726. The lowest BCUT2D eigenvalue weighted by atomic mass is 9.76. The zero-order chi connectivity index (χ0) is 13.7. The Hall–Kier alpha value is -1.31. The minimum Gasteiger partial charge on any atom is -0.513 e. The van der Waals surface area contributed by atoms with E-state index < -0.39 is 0 Å². The molecule has 0 radical (unpaired) electrons. The van der Waals surface area contributed by atoms with Crippen LogP contribution in [0.2, 0.25) is 0 Å². The molecule has 2 rings (SSSR count). The van der Waals surface area contributed by atoms with Gasteiger partial charge in [-0.1, -0.05) is 25.5 Å². The zero-order valence-electron chi connectivity index (χ0n) is 11.6. The van der Waals surface area contributed by atoms with Crippen LogP contribution in [0.25, 0.3) is 0 Å². The number of hydrogen-bond acceptors (Lipinski definition) is 1. The van der Waals surface area contributed by atoms with Gasteiger partial charge in [-0.3, -0.25) is 0 Å². The van der Waals surface area contributed by atoms with E-state index in [1.54, 1.807) is 12.1 Å². The normalized spacial score (nSPS) is 24.4. The van der Waals surface area contributed by atoms with E-state index in [2.05, 4.69) is 0 Å². The first-order valence-corrected chi connectivity index (χ1v) is 7.32. The molecule has 0 bridgehead atoms. The van der Waals surface area contributed by atoms with Crippen molar-refractivity contribution in [2.45, 2.75) is 51.4 Å². The first-order valence-electron chi connectivity index (χ1n) is 7.32. The van der Waals surface area contributed by atoms with Crippen LogP contribution in [0.5, 0.6) is 0 Å². The van der Waals surface area contributed by atoms with Crippen molar-refractivity contribution in [3.63, 3.8) is 0 Å². The Kier molecular flexibility index (Phi) is 5.00. The molecule has 1 fully saturated rings. The van der Waals surface area contributed by atoms with Crippen LogP contribution in [0.15, 0.2) is 36.1 Å². The Morgan fingerprint density at radius 3 is 3.00 bits per heavy atom. The number of aliphatic hydroxyl groups excluding tert-OH is 1. The molecular weight excluding hydrogens is 239 g/mol. The number of halogens is 1. The molecule has 1 saturated carbocycles. The van der Waals surface area contributed by atoms with E-state index in [-0.39, 0.29) is 5.82 Å². The lowest BCUT2D eigenvalue weighted by Crippen LogP contribution is -2.15. The Morgan fingerprint density at radius 2 is 2.26 bits per heavy atom. The molecule has 0 saturated heterocycles. The summed E-state index contributed by atoms with van der Waals surface area (Å²) < 4.78 is 13.3. The molecule has 1 nitrogen and oxygen atoms in total. The third-order valence-corrected chi connectivity index (χ3v) is 4.04. The fourth-order valence-corrected chi connectivity index (χ4v) is 3.15. The van der Waals surface area contributed by atoms with Gasteiger partial charge in [0.1, 0.15) is 5.82 Å². The first-order chi connectivity index (χ1) is 9.19. The molecule has 1 aromatic rings. The van der Waals surface area contributed by atoms with Crippen molar-refractivity contribution in [1.29, 1.82) is 0 Å². The Morgan fingerprint density at radius 1 is 1.42 bits per heavy atom. The fourth-order valence-electron chi connectivity index (χ4n) is 3.15. The number of rotatable bonds is 4. The molecule has 2 heteroatoms. The monoisotopic (exact) mass is 262 g/mol. The number of hydrogen-bond donors (Lipinski definition) is 1. The van der Waals surface area contributed by atoms with Crippen LogP contribution in [-0.4, -0.2) is 5.11 Å². The molecule has 0 aromatic heterocycles. The van der Waals surface area contributed by atoms with Crippen molar-refractivity contribution >= 4 is 0 Å². The average Bonchev–Trinajstić information content (AvgIpc) is 2.39. The molecular formula is C17H23FO. The molecule has 0 heterocycles. The van der Waals surface area contributed by atoms with E-state index in [1.807, 2.05) is 19.1 Å². The standard InChI is InChI=1S/C17H23FO/c1-2-5-17(19)11-13-6-3-7-14(10-13)15-8-4-9-16(18)12-15/h4-5,8-9,12-14,19H,2-3,6-7,10-11H2,1H3/b17-5+. The lowest BCUT2D eigenvalue weighted by molar-refractivity contribution is 0.276. The third kappa shape index (κ3) is 4.09. The summed E-state index contributed by atoms with van der Waals surface area (Å²) in [4.78, 5) is 0. The van der Waals surface area contributed by atoms with Crippen molar-refractivity contribution < 1.29 is 9.50 Å². The van der Waals surface area contributed by atoms with Gasteiger partial charge in [-0.2, -0.15) is 0 Å². The largest absolute Gasteiger partial charge is 0.513 e. The lowest BCUT2D eigenvalue weighted by Gasteiger charge is -2.29. The van der Waals surface area contributed by atoms with Gasteiger partial charge in [0.25, 0.3) is 0 Å². The predicted molar refractivity (Wildman–Crippen MR) is 76.7 cm³/mol. The van der Waals surface area contributed by atoms with Crippen LogP contribution >= 0.6 is 0 Å². The van der Waals surface area contributed by atoms with E-state index in [0.29, 0.717) is 17.6 Å². The summed E-state index contributed by atoms with van der Waals surface area (Å²) in [5.41, 5.74) is 1.11. The van der Waals surface area contributed by atoms with Gasteiger partial charge >= 0.3 is 0 Å². The van der Waals surface area contributed by atoms with Crippen LogP contribution in [0, 0.1) is 11.7 Å². The van der Waals surface area contributed by atoms with Crippen molar-refractivity contribution in [2.24, 2.45) is 5.92 Å². The van der Waals surface area contributed by atoms with E-state index >= 15 is 0 Å². The van der Waals surface area contributed by atoms with Gasteiger partial charge in [-0.25, -0.2) is 4.39 Å². The number of benzene rings is 1. The van der Waals surface area contributed by atoms with Gasteiger partial charge in [0.15, 0.2) is 0 Å². The Balaban J connectivity index is 1.99. The van der Waals surface area contributed by atoms with Crippen molar-refractivity contribution in [3.05, 3.63) is 47.5 Å². The van der Waals surface area contributed by atoms with Gasteiger partial charge < -0.3 is 5.11 Å². The maximum atomic E-state index is 13.3. The summed E-state index contributed by atoms with van der Waals surface area (Å²) >= 11 is 0. The topological polar surface area (TPSA) is 20.2 Å². The maximum Gasteiger partial charge on any atom is 0.123 e. The highest BCUT2D eigenvalue weighted by molar-refractivity contribution is 5.21. The molecule has 104 valence electrons. The highest BCUT2D eigenvalue weighted by atomic mass is 19.1. The van der Waals surface area contributed by atoms with E-state index in [1.165, 1.54) is 18.9 Å². The molecule has 0 amide bonds. The molecule has 1 N–H and O–H groups in total. The predicted octanol–water partition coefficient (Wildman–Crippen LogP) is 5.34. The molecule has 1 aliphatic carbocycles. The molecule has 0 aliphatic heterocycles. The third-order valence-electron chi connectivity index (χ3n) is 4.04. The van der Waals surface area contributed by atoms with Gasteiger partial charge in [-0.15, -0.1) is 0 Å². The van der Waals surface area contributed by atoms with E-state index in [0.717, 1.165) is 31.2 Å². The van der Waals surface area contributed by atoms with Gasteiger partial charge in [0.05, 0.1) is 5.76 Å². The number of aliphatic hydroxyl groups is 1. The highest BCUT2D eigenvalue weighted by Crippen LogP contribution is 2.38. The second-order valence-electron chi connectivity index (χ2n) is 5.59. The van der Waals surface area contributed by atoms with Crippen molar-refractivity contribution in [3.8, 4) is 0 Å². The Bertz CT molecular complexity index is 439. The van der Waals surface area contributed by atoms with Gasteiger partial charge in [0, 0.05) is 6.42 Å². The molecule has 1 aromatic carbocycles. The molecule has 0 spiro atoms. The minimum absolute atomic E-state index is 0.145. The molecule has 19 heavy (non-hydrogen) atoms. The second-order valence-corrected chi connectivity index (χ2v) is 5.59. The van der Waals surface area contributed by atoms with Crippen molar-refractivity contribution in [1.82, 2.24) is 0 Å². The highest BCUT2D eigenvalue weighted by Gasteiger charge is 2.24. The van der Waals surface area contributed by atoms with Crippen LogP contribution < -0.4 is 0 Å². The maximum absolute atomic E-state index is 13.3. The zero-order valence-corrected chi connectivity index (χ0v) is 11.6. The van der Waals surface area contributed by atoms with E-state index in [9.17, 15) is 9.50 Å². The summed E-state index contributed by atoms with van der Waals surface area (Å²) in [7, 11) is 0. The summed E-state index contributed by atoms with van der Waals surface area (Å²) in [6.45, 7) is 2.03. The average molecular weight is 262 g/mol. The second kappa shape index (κ2) is 6.74. The van der Waals surface area contributed by atoms with Gasteiger partial charge in [0.2, 0.25) is 0 Å².